The van der Waals surface area contributed by atoms with Crippen LogP contribution in [0, 0.1) is 11.3 Å². The fourth-order valence-corrected chi connectivity index (χ4v) is 5.16. The number of pyridine rings is 1. The number of methoxy groups -OCH3 is 1. The molecule has 168 valence electrons. The van der Waals surface area contributed by atoms with Crippen LogP contribution in [0.25, 0.3) is 0 Å². The zero-order valence-electron chi connectivity index (χ0n) is 18.3. The van der Waals surface area contributed by atoms with Gasteiger partial charge in [0.15, 0.2) is 0 Å². The van der Waals surface area contributed by atoms with Gasteiger partial charge in [-0.25, -0.2) is 4.98 Å². The molecule has 0 bridgehead atoms. The fourth-order valence-electron chi connectivity index (χ4n) is 4.08. The minimum Gasteiger partial charge on any atom is -0.495 e. The average Bonchev–Trinajstić information content (AvgIpc) is 2.84. The molecule has 3 aromatic rings. The number of aryl methyl sites for hydroxylation is 1. The summed E-state index contributed by atoms with van der Waals surface area (Å²) in [5.41, 5.74) is 4.67. The number of carbonyl (C=O) groups excluding carboxylic acids is 1. The first kappa shape index (κ1) is 23.2. The molecular formula is C26H24ClN3O2S. The number of ether oxygens (including phenoxy) is 1. The molecule has 0 radical (unpaired) electrons. The molecule has 4 rings (SSSR count). The van der Waals surface area contributed by atoms with E-state index in [-0.39, 0.29) is 12.3 Å². The second-order valence-electron chi connectivity index (χ2n) is 7.90. The van der Waals surface area contributed by atoms with Crippen molar-refractivity contribution in [3.05, 3.63) is 82.0 Å². The van der Waals surface area contributed by atoms with E-state index in [9.17, 15) is 10.1 Å². The molecular weight excluding hydrogens is 454 g/mol. The van der Waals surface area contributed by atoms with Crippen LogP contribution in [0.15, 0.2) is 59.6 Å². The van der Waals surface area contributed by atoms with E-state index in [0.29, 0.717) is 38.7 Å². The van der Waals surface area contributed by atoms with Gasteiger partial charge in [0.25, 0.3) is 0 Å². The lowest BCUT2D eigenvalue weighted by molar-refractivity contribution is -0.115. The standard InChI is InChI=1S/C26H24ClN3O2S/c1-32-24-10-8-21(27)15-23(24)29-25(31)11-12-33-26-20(16-28)14-19-13-18(7-9-22(19)30-26)17-5-3-2-4-6-17/h2-6,8,10,14-15,18H,7,9,11-13H2,1H3,(H,29,31). The number of amides is 1. The van der Waals surface area contributed by atoms with Gasteiger partial charge in [0.05, 0.1) is 18.4 Å². The number of benzene rings is 2. The van der Waals surface area contributed by atoms with Crippen molar-refractivity contribution < 1.29 is 9.53 Å². The normalized spacial score (nSPS) is 14.8. The minimum absolute atomic E-state index is 0.148. The number of hydrogen-bond donors (Lipinski definition) is 1. The molecule has 0 spiro atoms. The third-order valence-electron chi connectivity index (χ3n) is 5.75. The van der Waals surface area contributed by atoms with Crippen molar-refractivity contribution in [3.63, 3.8) is 0 Å². The SMILES string of the molecule is COc1ccc(Cl)cc1NC(=O)CCSc1nc2c(cc1C#N)CC(c1ccccc1)CC2. The zero-order chi connectivity index (χ0) is 23.2. The van der Waals surface area contributed by atoms with Crippen LogP contribution in [0.5, 0.6) is 5.75 Å². The molecule has 1 N–H and O–H groups in total. The molecule has 1 unspecified atom stereocenters. The van der Waals surface area contributed by atoms with Crippen LogP contribution in [0.1, 0.15) is 41.1 Å². The van der Waals surface area contributed by atoms with Crippen LogP contribution in [-0.2, 0) is 17.6 Å². The highest BCUT2D eigenvalue weighted by Gasteiger charge is 2.23. The number of nitrogens with zero attached hydrogens (tertiary/aromatic N) is 2. The van der Waals surface area contributed by atoms with Gasteiger partial charge < -0.3 is 10.1 Å². The van der Waals surface area contributed by atoms with Crippen LogP contribution in [0.4, 0.5) is 5.69 Å². The Hall–Kier alpha value is -3.01. The van der Waals surface area contributed by atoms with Crippen LogP contribution in [-0.4, -0.2) is 23.8 Å². The second kappa shape index (κ2) is 10.7. The van der Waals surface area contributed by atoms with Crippen LogP contribution >= 0.6 is 23.4 Å². The summed E-state index contributed by atoms with van der Waals surface area (Å²) >= 11 is 7.47. The van der Waals surface area contributed by atoms with E-state index in [1.54, 1.807) is 25.3 Å². The van der Waals surface area contributed by atoms with Gasteiger partial charge in [-0.1, -0.05) is 41.9 Å². The summed E-state index contributed by atoms with van der Waals surface area (Å²) in [6, 6.07) is 19.9. The smallest absolute Gasteiger partial charge is 0.225 e. The van der Waals surface area contributed by atoms with E-state index in [0.717, 1.165) is 30.5 Å². The van der Waals surface area contributed by atoms with E-state index < -0.39 is 0 Å². The van der Waals surface area contributed by atoms with E-state index in [1.807, 2.05) is 12.1 Å². The molecule has 1 aliphatic rings. The molecule has 0 saturated carbocycles. The molecule has 1 aliphatic carbocycles. The third kappa shape index (κ3) is 5.68. The number of fused-ring (bicyclic) bond motifs is 1. The maximum Gasteiger partial charge on any atom is 0.225 e. The highest BCUT2D eigenvalue weighted by Crippen LogP contribution is 2.34. The quantitative estimate of drug-likeness (QED) is 0.422. The predicted molar refractivity (Wildman–Crippen MR) is 132 cm³/mol. The monoisotopic (exact) mass is 477 g/mol. The molecule has 0 aliphatic heterocycles. The predicted octanol–water partition coefficient (Wildman–Crippen LogP) is 6.01. The lowest BCUT2D eigenvalue weighted by atomic mass is 9.82. The first-order valence-electron chi connectivity index (χ1n) is 10.8. The molecule has 1 atom stereocenters. The van der Waals surface area contributed by atoms with Crippen molar-refractivity contribution in [1.29, 1.82) is 5.26 Å². The van der Waals surface area contributed by atoms with Gasteiger partial charge in [0.2, 0.25) is 5.91 Å². The molecule has 2 aromatic carbocycles. The number of rotatable bonds is 7. The topological polar surface area (TPSA) is 75.0 Å². The third-order valence-corrected chi connectivity index (χ3v) is 6.97. The highest BCUT2D eigenvalue weighted by molar-refractivity contribution is 7.99. The molecule has 7 heteroatoms. The van der Waals surface area contributed by atoms with Gasteiger partial charge in [-0.15, -0.1) is 11.8 Å². The van der Waals surface area contributed by atoms with Crippen molar-refractivity contribution >= 4 is 35.0 Å². The molecule has 1 amide bonds. The summed E-state index contributed by atoms with van der Waals surface area (Å²) in [6.07, 6.45) is 3.11. The minimum atomic E-state index is -0.148. The van der Waals surface area contributed by atoms with E-state index in [1.165, 1.54) is 17.3 Å². The summed E-state index contributed by atoms with van der Waals surface area (Å²) in [4.78, 5) is 17.2. The number of carbonyl (C=O) groups is 1. The van der Waals surface area contributed by atoms with Gasteiger partial charge >= 0.3 is 0 Å². The molecule has 1 heterocycles. The summed E-state index contributed by atoms with van der Waals surface area (Å²) in [7, 11) is 1.54. The van der Waals surface area contributed by atoms with Crippen molar-refractivity contribution in [2.75, 3.05) is 18.2 Å². The maximum atomic E-state index is 12.4. The van der Waals surface area contributed by atoms with Crippen molar-refractivity contribution in [1.82, 2.24) is 4.98 Å². The summed E-state index contributed by atoms with van der Waals surface area (Å²) in [5, 5.41) is 13.7. The zero-order valence-corrected chi connectivity index (χ0v) is 19.9. The fraction of sp³-hybridized carbons (Fsp3) is 0.269. The van der Waals surface area contributed by atoms with E-state index in [2.05, 4.69) is 35.7 Å². The average molecular weight is 478 g/mol. The Bertz CT molecular complexity index is 1190. The Morgan fingerprint density at radius 3 is 2.85 bits per heavy atom. The second-order valence-corrected chi connectivity index (χ2v) is 9.42. The van der Waals surface area contributed by atoms with E-state index in [4.69, 9.17) is 21.3 Å². The number of anilines is 1. The van der Waals surface area contributed by atoms with Crippen LogP contribution < -0.4 is 10.1 Å². The molecule has 33 heavy (non-hydrogen) atoms. The Morgan fingerprint density at radius 1 is 1.27 bits per heavy atom. The van der Waals surface area contributed by atoms with Crippen LogP contribution in [0.3, 0.4) is 0 Å². The lowest BCUT2D eigenvalue weighted by Gasteiger charge is -2.25. The number of nitrogens with one attached hydrogen (secondary N) is 1. The van der Waals surface area contributed by atoms with Crippen molar-refractivity contribution in [3.8, 4) is 11.8 Å². The van der Waals surface area contributed by atoms with Gasteiger partial charge in [-0.2, -0.15) is 5.26 Å². The number of aromatic nitrogens is 1. The molecule has 0 saturated heterocycles. The number of nitriles is 1. The summed E-state index contributed by atoms with van der Waals surface area (Å²) in [5.74, 6) is 1.38. The van der Waals surface area contributed by atoms with Crippen molar-refractivity contribution in [2.24, 2.45) is 0 Å². The van der Waals surface area contributed by atoms with Gasteiger partial charge in [0, 0.05) is 22.9 Å². The Morgan fingerprint density at radius 2 is 2.09 bits per heavy atom. The molecule has 5 nitrogen and oxygen atoms in total. The van der Waals surface area contributed by atoms with E-state index >= 15 is 0 Å². The highest BCUT2D eigenvalue weighted by atomic mass is 35.5. The first-order chi connectivity index (χ1) is 16.1. The maximum absolute atomic E-state index is 12.4. The van der Waals surface area contributed by atoms with Gasteiger partial charge in [0.1, 0.15) is 16.8 Å². The van der Waals surface area contributed by atoms with Crippen LogP contribution in [0.2, 0.25) is 5.02 Å². The first-order valence-corrected chi connectivity index (χ1v) is 12.2. The Kier molecular flexibility index (Phi) is 7.54. The van der Waals surface area contributed by atoms with Crippen molar-refractivity contribution in [2.45, 2.75) is 36.6 Å². The summed E-state index contributed by atoms with van der Waals surface area (Å²) < 4.78 is 5.27. The largest absolute Gasteiger partial charge is 0.495 e. The Balaban J connectivity index is 1.39. The Labute approximate surface area is 203 Å². The lowest BCUT2D eigenvalue weighted by Crippen LogP contribution is -2.15. The number of halogens is 1. The summed E-state index contributed by atoms with van der Waals surface area (Å²) in [6.45, 7) is 0. The molecule has 1 aromatic heterocycles. The van der Waals surface area contributed by atoms with Gasteiger partial charge in [-0.05, 0) is 60.6 Å². The molecule has 0 fully saturated rings. The number of hydrogen-bond acceptors (Lipinski definition) is 5. The van der Waals surface area contributed by atoms with Gasteiger partial charge in [-0.3, -0.25) is 4.79 Å². The number of thioether (sulfide) groups is 1.